The van der Waals surface area contributed by atoms with Crippen LogP contribution in [0.25, 0.3) is 0 Å². The summed E-state index contributed by atoms with van der Waals surface area (Å²) in [5, 5.41) is 3.12. The molecule has 1 nitrogen and oxygen atoms in total. The molecule has 0 saturated heterocycles. The van der Waals surface area contributed by atoms with Crippen molar-refractivity contribution in [1.29, 1.82) is 0 Å². The molecule has 0 spiro atoms. The van der Waals surface area contributed by atoms with E-state index in [4.69, 9.17) is 0 Å². The average Bonchev–Trinajstić information content (AvgIpc) is 2.30. The van der Waals surface area contributed by atoms with Gasteiger partial charge < -0.3 is 5.32 Å². The molecule has 0 atom stereocenters. The van der Waals surface area contributed by atoms with Gasteiger partial charge in [-0.25, -0.2) is 0 Å². The van der Waals surface area contributed by atoms with Gasteiger partial charge >= 0.3 is 6.18 Å². The summed E-state index contributed by atoms with van der Waals surface area (Å²) < 4.78 is 37.0. The van der Waals surface area contributed by atoms with E-state index in [1.165, 1.54) is 6.07 Å². The zero-order valence-corrected chi connectivity index (χ0v) is 9.49. The van der Waals surface area contributed by atoms with Crippen molar-refractivity contribution in [2.75, 3.05) is 6.54 Å². The van der Waals surface area contributed by atoms with Crippen LogP contribution in [0.2, 0.25) is 0 Å². The Balaban J connectivity index is 0.000000606. The first-order valence-electron chi connectivity index (χ1n) is 5.47. The van der Waals surface area contributed by atoms with Gasteiger partial charge in [0.05, 0.1) is 5.56 Å². The maximum Gasteiger partial charge on any atom is 0.416 e. The number of hydrogen-bond acceptors (Lipinski definition) is 1. The summed E-state index contributed by atoms with van der Waals surface area (Å²) in [5.74, 6) is 0. The Morgan fingerprint density at radius 1 is 1.12 bits per heavy atom. The second-order valence-electron chi connectivity index (χ2n) is 3.41. The zero-order chi connectivity index (χ0) is 12.2. The molecule has 4 heteroatoms. The van der Waals surface area contributed by atoms with Crippen LogP contribution in [0, 0.1) is 0 Å². The smallest absolute Gasteiger partial charge is 0.312 e. The number of fused-ring (bicyclic) bond motifs is 1. The maximum absolute atomic E-state index is 12.3. The molecule has 90 valence electrons. The van der Waals surface area contributed by atoms with Crippen molar-refractivity contribution >= 4 is 0 Å². The zero-order valence-electron chi connectivity index (χ0n) is 9.49. The fourth-order valence-electron chi connectivity index (χ4n) is 1.65. The first-order chi connectivity index (χ1) is 7.57. The van der Waals surface area contributed by atoms with E-state index in [1.807, 2.05) is 13.8 Å². The normalized spacial score (nSPS) is 14.8. The monoisotopic (exact) mass is 231 g/mol. The van der Waals surface area contributed by atoms with E-state index in [0.29, 0.717) is 13.0 Å². The number of alkyl halides is 3. The summed E-state index contributed by atoms with van der Waals surface area (Å²) in [6.45, 7) is 5.43. The van der Waals surface area contributed by atoms with Crippen molar-refractivity contribution < 1.29 is 13.2 Å². The van der Waals surface area contributed by atoms with Crippen LogP contribution in [0.5, 0.6) is 0 Å². The lowest BCUT2D eigenvalue weighted by atomic mass is 9.98. The summed E-state index contributed by atoms with van der Waals surface area (Å²) >= 11 is 0. The standard InChI is InChI=1S/C10H10F3N.C2H6/c11-10(12,13)9-2-1-8-6-14-4-3-7(8)5-9;1-2/h1-2,5,14H,3-4,6H2;1-2H3. The van der Waals surface area contributed by atoms with Crippen LogP contribution >= 0.6 is 0 Å². The van der Waals surface area contributed by atoms with Crippen LogP contribution in [0.3, 0.4) is 0 Å². The fourth-order valence-corrected chi connectivity index (χ4v) is 1.65. The minimum absolute atomic E-state index is 0.543. The number of nitrogens with one attached hydrogen (secondary N) is 1. The molecule has 1 aliphatic rings. The molecular formula is C12H16F3N. The maximum atomic E-state index is 12.3. The summed E-state index contributed by atoms with van der Waals surface area (Å²) in [4.78, 5) is 0. The number of halogens is 3. The van der Waals surface area contributed by atoms with Crippen molar-refractivity contribution in [2.45, 2.75) is 33.0 Å². The molecule has 1 aliphatic heterocycles. The van der Waals surface area contributed by atoms with E-state index >= 15 is 0 Å². The van der Waals surface area contributed by atoms with Gasteiger partial charge in [0.15, 0.2) is 0 Å². The SMILES string of the molecule is CC.FC(F)(F)c1ccc2c(c1)CCNC2. The van der Waals surface area contributed by atoms with Crippen LogP contribution in [-0.2, 0) is 19.1 Å². The third-order valence-corrected chi connectivity index (χ3v) is 2.42. The molecule has 0 aromatic heterocycles. The predicted molar refractivity (Wildman–Crippen MR) is 58.2 cm³/mol. The quantitative estimate of drug-likeness (QED) is 0.721. The molecule has 0 unspecified atom stereocenters. The van der Waals surface area contributed by atoms with Gasteiger partial charge in [-0.15, -0.1) is 0 Å². The van der Waals surface area contributed by atoms with E-state index < -0.39 is 11.7 Å². The minimum Gasteiger partial charge on any atom is -0.312 e. The molecule has 16 heavy (non-hydrogen) atoms. The van der Waals surface area contributed by atoms with Gasteiger partial charge in [0.25, 0.3) is 0 Å². The van der Waals surface area contributed by atoms with E-state index in [1.54, 1.807) is 6.07 Å². The molecule has 0 aliphatic carbocycles. The Hall–Kier alpha value is -1.03. The van der Waals surface area contributed by atoms with Crippen molar-refractivity contribution in [2.24, 2.45) is 0 Å². The number of rotatable bonds is 0. The Morgan fingerprint density at radius 3 is 2.44 bits per heavy atom. The van der Waals surface area contributed by atoms with Gasteiger partial charge in [-0.2, -0.15) is 13.2 Å². The third-order valence-electron chi connectivity index (χ3n) is 2.42. The highest BCUT2D eigenvalue weighted by Gasteiger charge is 2.31. The van der Waals surface area contributed by atoms with Crippen molar-refractivity contribution in [3.63, 3.8) is 0 Å². The number of hydrogen-bond donors (Lipinski definition) is 1. The average molecular weight is 231 g/mol. The lowest BCUT2D eigenvalue weighted by molar-refractivity contribution is -0.137. The molecule has 0 amide bonds. The van der Waals surface area contributed by atoms with Crippen molar-refractivity contribution in [3.05, 3.63) is 34.9 Å². The second-order valence-corrected chi connectivity index (χ2v) is 3.41. The van der Waals surface area contributed by atoms with Crippen LogP contribution in [0.15, 0.2) is 18.2 Å². The van der Waals surface area contributed by atoms with Crippen molar-refractivity contribution in [3.8, 4) is 0 Å². The Labute approximate surface area is 93.7 Å². The largest absolute Gasteiger partial charge is 0.416 e. The molecule has 0 saturated carbocycles. The Morgan fingerprint density at radius 2 is 1.81 bits per heavy atom. The highest BCUT2D eigenvalue weighted by molar-refractivity contribution is 5.34. The van der Waals surface area contributed by atoms with Crippen LogP contribution < -0.4 is 5.32 Å². The van der Waals surface area contributed by atoms with Gasteiger partial charge in [0.1, 0.15) is 0 Å². The first kappa shape index (κ1) is 13.0. The van der Waals surface area contributed by atoms with E-state index in [9.17, 15) is 13.2 Å². The summed E-state index contributed by atoms with van der Waals surface area (Å²) in [6, 6.07) is 3.96. The predicted octanol–water partition coefficient (Wildman–Crippen LogP) is 3.38. The minimum atomic E-state index is -4.22. The topological polar surface area (TPSA) is 12.0 Å². The molecule has 0 radical (unpaired) electrons. The summed E-state index contributed by atoms with van der Waals surface area (Å²) in [5.41, 5.74) is 1.25. The van der Waals surface area contributed by atoms with Gasteiger partial charge in [-0.05, 0) is 36.2 Å². The lowest BCUT2D eigenvalue weighted by Gasteiger charge is -2.18. The molecule has 2 rings (SSSR count). The van der Waals surface area contributed by atoms with E-state index in [-0.39, 0.29) is 0 Å². The Bertz CT molecular complexity index is 345. The highest BCUT2D eigenvalue weighted by Crippen LogP contribution is 2.31. The molecule has 1 aromatic carbocycles. The molecule has 1 aromatic rings. The first-order valence-corrected chi connectivity index (χ1v) is 5.47. The third kappa shape index (κ3) is 2.98. The highest BCUT2D eigenvalue weighted by atomic mass is 19.4. The van der Waals surface area contributed by atoms with Crippen LogP contribution in [0.1, 0.15) is 30.5 Å². The summed E-state index contributed by atoms with van der Waals surface area (Å²) in [6.07, 6.45) is -3.54. The Kier molecular flexibility index (Phi) is 4.35. The van der Waals surface area contributed by atoms with E-state index in [2.05, 4.69) is 5.32 Å². The molecule has 1 N–H and O–H groups in total. The van der Waals surface area contributed by atoms with Crippen molar-refractivity contribution in [1.82, 2.24) is 5.32 Å². The fraction of sp³-hybridized carbons (Fsp3) is 0.500. The van der Waals surface area contributed by atoms with Crippen LogP contribution in [-0.4, -0.2) is 6.54 Å². The van der Waals surface area contributed by atoms with E-state index in [0.717, 1.165) is 23.7 Å². The number of benzene rings is 1. The lowest BCUT2D eigenvalue weighted by Crippen LogP contribution is -2.24. The van der Waals surface area contributed by atoms with Gasteiger partial charge in [0, 0.05) is 6.54 Å². The molecular weight excluding hydrogens is 215 g/mol. The van der Waals surface area contributed by atoms with Crippen LogP contribution in [0.4, 0.5) is 13.2 Å². The van der Waals surface area contributed by atoms with Gasteiger partial charge in [0.2, 0.25) is 0 Å². The van der Waals surface area contributed by atoms with Gasteiger partial charge in [-0.1, -0.05) is 19.9 Å². The molecule has 0 fully saturated rings. The second kappa shape index (κ2) is 5.34. The molecule has 0 bridgehead atoms. The van der Waals surface area contributed by atoms with Gasteiger partial charge in [-0.3, -0.25) is 0 Å². The molecule has 1 heterocycles. The summed E-state index contributed by atoms with van der Waals surface area (Å²) in [7, 11) is 0.